The van der Waals surface area contributed by atoms with E-state index >= 15 is 0 Å². The fourth-order valence-corrected chi connectivity index (χ4v) is 4.03. The molecule has 41 heavy (non-hydrogen) atoms. The zero-order valence-electron chi connectivity index (χ0n) is 21.5. The third kappa shape index (κ3) is 8.33. The molecule has 5 N–H and O–H groups in total. The summed E-state index contributed by atoms with van der Waals surface area (Å²) in [5.41, 5.74) is 1.72. The Kier molecular flexibility index (Phi) is 13.1. The molecule has 0 bridgehead atoms. The normalized spacial score (nSPS) is 10.8. The zero-order valence-corrected chi connectivity index (χ0v) is 28.3. The number of aromatic amines is 1. The van der Waals surface area contributed by atoms with Crippen LogP contribution in [0.3, 0.4) is 0 Å². The Hall–Kier alpha value is -2.42. The second-order valence-corrected chi connectivity index (χ2v) is 8.82. The molecule has 194 valence electrons. The molecule has 0 aliphatic carbocycles. The van der Waals surface area contributed by atoms with Crippen LogP contribution in [0.2, 0.25) is 0 Å². The monoisotopic (exact) mass is 607 g/mol. The van der Waals surface area contributed by atoms with Gasteiger partial charge in [-0.25, -0.2) is 4.79 Å². The average Bonchev–Trinajstić information content (AvgIpc) is 2.81. The number of H-pyrrole nitrogens is 1. The molecule has 1 aromatic heterocycles. The first kappa shape index (κ1) is 36.6. The first-order chi connectivity index (χ1) is 17.8. The molecule has 0 radical (unpaired) electrons. The van der Waals surface area contributed by atoms with E-state index in [-0.39, 0.29) is 111 Å². The van der Waals surface area contributed by atoms with Gasteiger partial charge in [-0.3, -0.25) is 9.54 Å². The molecule has 0 atom stereocenters. The van der Waals surface area contributed by atoms with Gasteiger partial charge in [0.05, 0.1) is 17.6 Å². The minimum Gasteiger partial charge on any atom is -0.870 e. The van der Waals surface area contributed by atoms with Crippen LogP contribution in [0.1, 0.15) is 20.7 Å². The quantitative estimate of drug-likeness (QED) is 0.0864. The summed E-state index contributed by atoms with van der Waals surface area (Å²) in [7, 11) is -4.75. The number of rotatable bonds is 7. The van der Waals surface area contributed by atoms with Crippen LogP contribution in [0.5, 0.6) is 5.75 Å². The predicted octanol–water partition coefficient (Wildman–Crippen LogP) is -9.88. The Morgan fingerprint density at radius 3 is 2.24 bits per heavy atom. The van der Waals surface area contributed by atoms with Crippen molar-refractivity contribution in [1.82, 2.24) is 15.0 Å². The second-order valence-electron chi connectivity index (χ2n) is 7.43. The molecule has 0 saturated heterocycles. The van der Waals surface area contributed by atoms with Crippen molar-refractivity contribution in [2.75, 3.05) is 11.1 Å². The van der Waals surface area contributed by atoms with E-state index in [4.69, 9.17) is 5.73 Å². The van der Waals surface area contributed by atoms with Gasteiger partial charge in [-0.05, 0) is 46.7 Å². The predicted molar refractivity (Wildman–Crippen MR) is 123 cm³/mol. The number of carbonyl (C=O) groups excluding carboxylic acids is 2. The number of benzene rings is 3. The molecular formula is C21H12N7Na3O9S. The van der Waals surface area contributed by atoms with Gasteiger partial charge in [0.2, 0.25) is 11.9 Å². The largest absolute Gasteiger partial charge is 1.00 e. The standard InChI is InChI=1S/C21H15N7O9S.3Na/c22-19-24-20(26-21(34)25-19)23-12-7-9(17(30)31)5-8-6-10(18(32)33)15(16(29)14(8)12)28-27-11-3-1-2-4-13(11)38(35,36)37;;;/h1-7,29H,(H,30,31)(H,32,33)(H,35,36,37)(H4,22,23,24,25,26,34);;;/q;3*+1/p-3. The topological polar surface area (TPSA) is 279 Å². The summed E-state index contributed by atoms with van der Waals surface area (Å²) in [6.07, 6.45) is 0. The molecule has 0 unspecified atom stereocenters. The molecule has 4 rings (SSSR count). The summed E-state index contributed by atoms with van der Waals surface area (Å²) in [5, 5.41) is 46.0. The summed E-state index contributed by atoms with van der Waals surface area (Å²) in [5.74, 6) is -5.48. The van der Waals surface area contributed by atoms with E-state index < -0.39 is 66.8 Å². The molecule has 0 amide bonds. The Morgan fingerprint density at radius 1 is 1.00 bits per heavy atom. The van der Waals surface area contributed by atoms with Crippen LogP contribution in [0.15, 0.2) is 62.4 Å². The number of carbonyl (C=O) groups is 2. The average molecular weight is 607 g/mol. The Morgan fingerprint density at radius 2 is 1.66 bits per heavy atom. The fourth-order valence-electron chi connectivity index (χ4n) is 3.41. The van der Waals surface area contributed by atoms with Crippen molar-refractivity contribution in [2.45, 2.75) is 4.90 Å². The van der Waals surface area contributed by atoms with Crippen molar-refractivity contribution in [2.24, 2.45) is 10.2 Å². The number of nitrogens with two attached hydrogens (primary N) is 1. The van der Waals surface area contributed by atoms with Gasteiger partial charge in [-0.15, -0.1) is 5.11 Å². The summed E-state index contributed by atoms with van der Waals surface area (Å²) >= 11 is 0. The molecule has 16 nitrogen and oxygen atoms in total. The molecular weight excluding hydrogens is 595 g/mol. The van der Waals surface area contributed by atoms with Crippen molar-refractivity contribution in [3.05, 3.63) is 64.1 Å². The fraction of sp³-hybridized carbons (Fsp3) is 0. The van der Waals surface area contributed by atoms with Gasteiger partial charge < -0.3 is 36.0 Å². The minimum atomic E-state index is -4.75. The third-order valence-electron chi connectivity index (χ3n) is 4.94. The van der Waals surface area contributed by atoms with Gasteiger partial charge >= 0.3 is 94.4 Å². The maximum Gasteiger partial charge on any atom is 1.00 e. The smallest absolute Gasteiger partial charge is 0.870 e. The molecule has 20 heteroatoms. The molecule has 0 aliphatic heterocycles. The number of carboxylic acid groups (broad SMARTS) is 2. The van der Waals surface area contributed by atoms with E-state index in [0.29, 0.717) is 0 Å². The van der Waals surface area contributed by atoms with Crippen molar-refractivity contribution in [3.8, 4) is 5.75 Å². The summed E-state index contributed by atoms with van der Waals surface area (Å²) < 4.78 is 32.6. The molecule has 1 heterocycles. The third-order valence-corrected chi connectivity index (χ3v) is 5.84. The second kappa shape index (κ2) is 14.7. The van der Waals surface area contributed by atoms with Crippen molar-refractivity contribution in [3.63, 3.8) is 0 Å². The van der Waals surface area contributed by atoms with Crippen LogP contribution >= 0.6 is 0 Å². The van der Waals surface area contributed by atoms with E-state index in [1.165, 1.54) is 12.1 Å². The number of carboxylic acids is 2. The minimum absolute atomic E-state index is 0. The number of nitrogens with one attached hydrogen (secondary N) is 2. The van der Waals surface area contributed by atoms with Crippen LogP contribution < -0.4 is 121 Å². The van der Waals surface area contributed by atoms with Crippen molar-refractivity contribution < 1.29 is 127 Å². The van der Waals surface area contributed by atoms with E-state index in [9.17, 15) is 42.7 Å². The first-order valence-corrected chi connectivity index (χ1v) is 11.5. The first-order valence-electron chi connectivity index (χ1n) is 10.1. The summed E-state index contributed by atoms with van der Waals surface area (Å²) in [4.78, 5) is 43.7. The van der Waals surface area contributed by atoms with Gasteiger partial charge in [0.25, 0.3) is 10.1 Å². The van der Waals surface area contributed by atoms with Crippen molar-refractivity contribution >= 4 is 61.8 Å². The maximum absolute atomic E-state index is 13.4. The number of aromatic carboxylic acids is 2. The van der Waals surface area contributed by atoms with Crippen LogP contribution in [0.25, 0.3) is 10.8 Å². The summed E-state index contributed by atoms with van der Waals surface area (Å²) in [6, 6.07) is 7.51. The number of azo groups is 1. The van der Waals surface area contributed by atoms with Crippen molar-refractivity contribution in [1.29, 1.82) is 0 Å². The SMILES string of the molecule is Nc1nc(Nc2cc(C(=O)[O-])cc3cc(C(=O)[O-])c(N=Nc4ccccc4S(=O)(=O)O)c([O-])c23)nc(=O)[nH]1.[Na+].[Na+].[Na+]. The van der Waals surface area contributed by atoms with Gasteiger partial charge in [0.15, 0.2) is 0 Å². The molecule has 0 fully saturated rings. The van der Waals surface area contributed by atoms with Crippen LogP contribution in [0.4, 0.5) is 29.0 Å². The number of anilines is 3. The number of fused-ring (bicyclic) bond motifs is 1. The van der Waals surface area contributed by atoms with Gasteiger partial charge in [0.1, 0.15) is 10.6 Å². The number of nitrogen functional groups attached to an aromatic ring is 1. The molecule has 3 aromatic carbocycles. The van der Waals surface area contributed by atoms with Crippen LogP contribution in [-0.4, -0.2) is 39.9 Å². The molecule has 0 spiro atoms. The number of hydrogen-bond acceptors (Lipinski definition) is 14. The van der Waals surface area contributed by atoms with E-state index in [0.717, 1.165) is 30.3 Å². The van der Waals surface area contributed by atoms with Gasteiger partial charge in [-0.1, -0.05) is 17.9 Å². The van der Waals surface area contributed by atoms with E-state index in [2.05, 4.69) is 30.5 Å². The Bertz CT molecular complexity index is 1850. The number of aromatic nitrogens is 3. The Balaban J connectivity index is 0.00000280. The van der Waals surface area contributed by atoms with Crippen LogP contribution in [0, 0.1) is 0 Å². The zero-order chi connectivity index (χ0) is 27.8. The summed E-state index contributed by atoms with van der Waals surface area (Å²) in [6.45, 7) is 0. The number of nitrogens with zero attached hydrogens (tertiary/aromatic N) is 4. The van der Waals surface area contributed by atoms with Gasteiger partial charge in [0, 0.05) is 11.3 Å². The molecule has 0 aliphatic rings. The van der Waals surface area contributed by atoms with E-state index in [1.807, 2.05) is 0 Å². The van der Waals surface area contributed by atoms with Crippen LogP contribution in [-0.2, 0) is 10.1 Å². The van der Waals surface area contributed by atoms with E-state index in [1.54, 1.807) is 0 Å². The van der Waals surface area contributed by atoms with Gasteiger partial charge in [-0.2, -0.15) is 23.5 Å². The Labute approximate surface area is 296 Å². The maximum atomic E-state index is 13.4. The number of hydrogen-bond donors (Lipinski definition) is 4. The molecule has 4 aromatic rings. The molecule has 0 saturated carbocycles.